The molecule has 1 N–H and O–H groups in total. The molecule has 5 heteroatoms. The van der Waals surface area contributed by atoms with E-state index in [1.807, 2.05) is 13.0 Å². The molecule has 0 spiro atoms. The first-order chi connectivity index (χ1) is 13.3. The van der Waals surface area contributed by atoms with Crippen LogP contribution in [-0.4, -0.2) is 28.0 Å². The first-order valence-electron chi connectivity index (χ1n) is 9.56. The number of aryl methyl sites for hydroxylation is 1. The second-order valence-electron chi connectivity index (χ2n) is 7.34. The maximum Gasteiger partial charge on any atom is 0.236 e. The van der Waals surface area contributed by atoms with Gasteiger partial charge in [-0.15, -0.1) is 11.3 Å². The van der Waals surface area contributed by atoms with E-state index >= 15 is 0 Å². The molecule has 0 bridgehead atoms. The van der Waals surface area contributed by atoms with Crippen molar-refractivity contribution in [1.29, 1.82) is 0 Å². The molecule has 0 radical (unpaired) electrons. The molecule has 1 fully saturated rings. The maximum absolute atomic E-state index is 5.90. The Labute approximate surface area is 162 Å². The van der Waals surface area contributed by atoms with Crippen LogP contribution < -0.4 is 0 Å². The van der Waals surface area contributed by atoms with Gasteiger partial charge in [0.15, 0.2) is 0 Å². The van der Waals surface area contributed by atoms with Crippen LogP contribution in [0.5, 0.6) is 0 Å². The Hall–Kier alpha value is -2.37. The van der Waals surface area contributed by atoms with E-state index in [2.05, 4.69) is 51.8 Å². The number of hydrogen-bond donors (Lipinski definition) is 1. The summed E-state index contributed by atoms with van der Waals surface area (Å²) in [5, 5.41) is 3.44. The Morgan fingerprint density at radius 1 is 1.19 bits per heavy atom. The first kappa shape index (κ1) is 16.8. The highest BCUT2D eigenvalue weighted by molar-refractivity contribution is 7.13. The van der Waals surface area contributed by atoms with Gasteiger partial charge in [0.05, 0.1) is 10.6 Å². The molecule has 4 aromatic rings. The zero-order valence-electron chi connectivity index (χ0n) is 15.4. The second-order valence-corrected chi connectivity index (χ2v) is 8.29. The summed E-state index contributed by atoms with van der Waals surface area (Å²) in [7, 11) is 0. The molecule has 0 amide bonds. The summed E-state index contributed by atoms with van der Waals surface area (Å²) in [6.45, 7) is 5.11. The fraction of sp³-hybridized carbons (Fsp3) is 0.318. The minimum Gasteiger partial charge on any atom is -0.440 e. The Morgan fingerprint density at radius 3 is 2.85 bits per heavy atom. The molecule has 1 aromatic carbocycles. The molecule has 4 nitrogen and oxygen atoms in total. The molecule has 27 heavy (non-hydrogen) atoms. The fourth-order valence-electron chi connectivity index (χ4n) is 4.13. The van der Waals surface area contributed by atoms with E-state index < -0.39 is 0 Å². The molecule has 0 aliphatic carbocycles. The molecule has 3 aromatic heterocycles. The normalized spacial score (nSPS) is 16.3. The number of aromatic nitrogens is 2. The summed E-state index contributed by atoms with van der Waals surface area (Å²) in [5.74, 6) is 2.33. The van der Waals surface area contributed by atoms with Crippen molar-refractivity contribution < 1.29 is 4.42 Å². The van der Waals surface area contributed by atoms with Gasteiger partial charge in [0.25, 0.3) is 0 Å². The van der Waals surface area contributed by atoms with E-state index in [4.69, 9.17) is 9.40 Å². The molecule has 5 rings (SSSR count). The van der Waals surface area contributed by atoms with Crippen molar-refractivity contribution in [1.82, 2.24) is 14.9 Å². The van der Waals surface area contributed by atoms with Crippen LogP contribution in [0.15, 0.2) is 52.4 Å². The Morgan fingerprint density at radius 2 is 2.04 bits per heavy atom. The van der Waals surface area contributed by atoms with Crippen molar-refractivity contribution in [3.8, 4) is 10.8 Å². The highest BCUT2D eigenvalue weighted by Gasteiger charge is 2.24. The van der Waals surface area contributed by atoms with Gasteiger partial charge in [-0.3, -0.25) is 4.90 Å². The number of benzene rings is 1. The second kappa shape index (κ2) is 6.98. The Bertz CT molecular complexity index is 1040. The lowest BCUT2D eigenvalue weighted by atomic mass is 9.89. The lowest BCUT2D eigenvalue weighted by Gasteiger charge is -2.31. The SMILES string of the molecule is Cc1oc(-c2cccs2)nc1CN1CCC(c2c[nH]c3ccccc23)CC1. The van der Waals surface area contributed by atoms with Crippen molar-refractivity contribution in [3.63, 3.8) is 0 Å². The van der Waals surface area contributed by atoms with Crippen molar-refractivity contribution in [3.05, 3.63) is 65.0 Å². The van der Waals surface area contributed by atoms with Crippen molar-refractivity contribution in [2.75, 3.05) is 13.1 Å². The van der Waals surface area contributed by atoms with Crippen molar-refractivity contribution in [2.24, 2.45) is 0 Å². The highest BCUT2D eigenvalue weighted by atomic mass is 32.1. The van der Waals surface area contributed by atoms with Crippen LogP contribution in [0.2, 0.25) is 0 Å². The molecule has 138 valence electrons. The van der Waals surface area contributed by atoms with Crippen LogP contribution in [0.3, 0.4) is 0 Å². The summed E-state index contributed by atoms with van der Waals surface area (Å²) >= 11 is 1.67. The van der Waals surface area contributed by atoms with E-state index in [0.717, 1.165) is 41.9 Å². The maximum atomic E-state index is 5.90. The van der Waals surface area contributed by atoms with Gasteiger partial charge in [-0.25, -0.2) is 4.98 Å². The largest absolute Gasteiger partial charge is 0.440 e. The smallest absolute Gasteiger partial charge is 0.236 e. The molecule has 0 atom stereocenters. The van der Waals surface area contributed by atoms with E-state index in [1.54, 1.807) is 11.3 Å². The average Bonchev–Trinajstić information content (AvgIpc) is 3.43. The van der Waals surface area contributed by atoms with Crippen molar-refractivity contribution >= 4 is 22.2 Å². The number of likely N-dealkylation sites (tertiary alicyclic amines) is 1. The number of rotatable bonds is 4. The molecular formula is C22H23N3OS. The number of piperidine rings is 1. The summed E-state index contributed by atoms with van der Waals surface area (Å²) < 4.78 is 5.90. The van der Waals surface area contributed by atoms with Crippen LogP contribution >= 0.6 is 11.3 Å². The van der Waals surface area contributed by atoms with E-state index in [-0.39, 0.29) is 0 Å². The third-order valence-electron chi connectivity index (χ3n) is 5.65. The quantitative estimate of drug-likeness (QED) is 0.505. The number of hydrogen-bond acceptors (Lipinski definition) is 4. The fourth-order valence-corrected chi connectivity index (χ4v) is 4.77. The number of nitrogens with one attached hydrogen (secondary N) is 1. The Balaban J connectivity index is 1.26. The van der Waals surface area contributed by atoms with Gasteiger partial charge >= 0.3 is 0 Å². The molecule has 1 saturated heterocycles. The lowest BCUT2D eigenvalue weighted by Crippen LogP contribution is -2.32. The number of para-hydroxylation sites is 1. The van der Waals surface area contributed by atoms with Gasteiger partial charge in [-0.1, -0.05) is 24.3 Å². The van der Waals surface area contributed by atoms with Crippen LogP contribution in [0.4, 0.5) is 0 Å². The molecule has 1 aliphatic rings. The van der Waals surface area contributed by atoms with E-state index in [0.29, 0.717) is 5.92 Å². The van der Waals surface area contributed by atoms with E-state index in [1.165, 1.54) is 29.3 Å². The predicted octanol–water partition coefficient (Wildman–Crippen LogP) is 5.57. The molecular weight excluding hydrogens is 354 g/mol. The van der Waals surface area contributed by atoms with Gasteiger partial charge < -0.3 is 9.40 Å². The lowest BCUT2D eigenvalue weighted by molar-refractivity contribution is 0.202. The number of H-pyrrole nitrogens is 1. The van der Waals surface area contributed by atoms with Crippen LogP contribution in [0, 0.1) is 6.92 Å². The zero-order chi connectivity index (χ0) is 18.2. The third-order valence-corrected chi connectivity index (χ3v) is 6.50. The van der Waals surface area contributed by atoms with Crippen LogP contribution in [-0.2, 0) is 6.54 Å². The van der Waals surface area contributed by atoms with Gasteiger partial charge in [-0.2, -0.15) is 0 Å². The van der Waals surface area contributed by atoms with Gasteiger partial charge in [0.2, 0.25) is 5.89 Å². The summed E-state index contributed by atoms with van der Waals surface area (Å²) in [6, 6.07) is 12.7. The summed E-state index contributed by atoms with van der Waals surface area (Å²) in [4.78, 5) is 11.8. The topological polar surface area (TPSA) is 45.1 Å². The molecule has 4 heterocycles. The van der Waals surface area contributed by atoms with Crippen LogP contribution in [0.25, 0.3) is 21.7 Å². The highest BCUT2D eigenvalue weighted by Crippen LogP contribution is 2.34. The molecule has 0 saturated carbocycles. The van der Waals surface area contributed by atoms with Gasteiger partial charge in [-0.05, 0) is 61.8 Å². The van der Waals surface area contributed by atoms with Crippen molar-refractivity contribution in [2.45, 2.75) is 32.2 Å². The van der Waals surface area contributed by atoms with E-state index in [9.17, 15) is 0 Å². The zero-order valence-corrected chi connectivity index (χ0v) is 16.3. The number of thiophene rings is 1. The van der Waals surface area contributed by atoms with Gasteiger partial charge in [0, 0.05) is 23.6 Å². The molecule has 1 aliphatic heterocycles. The average molecular weight is 378 g/mol. The minimum atomic E-state index is 0.637. The monoisotopic (exact) mass is 377 g/mol. The number of aromatic amines is 1. The van der Waals surface area contributed by atoms with Gasteiger partial charge in [0.1, 0.15) is 5.76 Å². The standard InChI is InChI=1S/C22H23N3OS/c1-15-20(24-22(26-15)21-7-4-12-27-21)14-25-10-8-16(9-11-25)18-13-23-19-6-3-2-5-17(18)19/h2-7,12-13,16,23H,8-11,14H2,1H3. The minimum absolute atomic E-state index is 0.637. The number of fused-ring (bicyclic) bond motifs is 1. The number of oxazole rings is 1. The summed E-state index contributed by atoms with van der Waals surface area (Å²) in [5.41, 5.74) is 3.79. The number of nitrogens with zero attached hydrogens (tertiary/aromatic N) is 2. The Kier molecular flexibility index (Phi) is 4.34. The summed E-state index contributed by atoms with van der Waals surface area (Å²) in [6.07, 6.45) is 4.59. The predicted molar refractivity (Wildman–Crippen MR) is 110 cm³/mol. The van der Waals surface area contributed by atoms with Crippen LogP contribution in [0.1, 0.15) is 35.8 Å². The first-order valence-corrected chi connectivity index (χ1v) is 10.4. The third kappa shape index (κ3) is 3.22. The molecule has 0 unspecified atom stereocenters.